The summed E-state index contributed by atoms with van der Waals surface area (Å²) in [6.07, 6.45) is 8.50. The molecule has 2 unspecified atom stereocenters. The number of anilines is 1. The quantitative estimate of drug-likeness (QED) is 0.239. The summed E-state index contributed by atoms with van der Waals surface area (Å²) in [7, 11) is 0. The fourth-order valence-electron chi connectivity index (χ4n) is 8.89. The normalized spacial score (nSPS) is 28.9. The number of benzene rings is 3. The standard InChI is InChI=1S/C35H37ClFN5O3/c36-30-16-29-33(32(37)31(30)28-15-24(43)10-19-4-1-2-5-27(19)28)39-35(40-34(29)41-17-20-6-7-21(18-41)38-20)44-9-3-8-42-22-11-25-13-23(42)14-26(12-22)45-25/h1-2,4-5,10,15-16,20-23,25-26,38,43H,3,6-9,11-14,17-18H2. The molecule has 6 fully saturated rings. The maximum absolute atomic E-state index is 16.8. The van der Waals surface area contributed by atoms with Crippen molar-refractivity contribution in [2.45, 2.75) is 81.3 Å². The molecule has 6 saturated heterocycles. The number of piperazine rings is 1. The summed E-state index contributed by atoms with van der Waals surface area (Å²) in [6, 6.07) is 14.8. The zero-order valence-electron chi connectivity index (χ0n) is 25.1. The van der Waals surface area contributed by atoms with Crippen LogP contribution in [0.3, 0.4) is 0 Å². The Morgan fingerprint density at radius 2 is 1.71 bits per heavy atom. The zero-order chi connectivity index (χ0) is 30.2. The van der Waals surface area contributed by atoms with Gasteiger partial charge in [0.05, 0.1) is 23.8 Å². The fourth-order valence-corrected chi connectivity index (χ4v) is 9.19. The van der Waals surface area contributed by atoms with Gasteiger partial charge in [-0.15, -0.1) is 0 Å². The van der Waals surface area contributed by atoms with Gasteiger partial charge in [-0.2, -0.15) is 9.97 Å². The number of aromatic nitrogens is 2. The summed E-state index contributed by atoms with van der Waals surface area (Å²) in [4.78, 5) is 14.5. The molecule has 4 aromatic rings. The van der Waals surface area contributed by atoms with Crippen molar-refractivity contribution < 1.29 is 19.0 Å². The number of ether oxygens (including phenoxy) is 2. The monoisotopic (exact) mass is 629 g/mol. The Bertz CT molecular complexity index is 1760. The number of nitrogens with one attached hydrogen (secondary N) is 1. The molecule has 0 aliphatic carbocycles. The van der Waals surface area contributed by atoms with Crippen molar-refractivity contribution in [3.8, 4) is 22.9 Å². The smallest absolute Gasteiger partial charge is 0.319 e. The summed E-state index contributed by atoms with van der Waals surface area (Å²) < 4.78 is 29.2. The molecule has 1 aromatic heterocycles. The van der Waals surface area contributed by atoms with Gasteiger partial charge in [0.1, 0.15) is 17.1 Å². The summed E-state index contributed by atoms with van der Waals surface area (Å²) in [5.74, 6) is 0.165. The van der Waals surface area contributed by atoms with Crippen molar-refractivity contribution in [3.05, 3.63) is 53.3 Å². The molecule has 0 amide bonds. The molecule has 3 aromatic carbocycles. The van der Waals surface area contributed by atoms with Crippen molar-refractivity contribution in [2.24, 2.45) is 0 Å². The average molecular weight is 630 g/mol. The van der Waals surface area contributed by atoms with Crippen molar-refractivity contribution in [1.29, 1.82) is 0 Å². The van der Waals surface area contributed by atoms with Gasteiger partial charge in [-0.1, -0.05) is 35.9 Å². The number of nitrogens with zero attached hydrogens (tertiary/aromatic N) is 4. The molecule has 0 radical (unpaired) electrons. The Balaban J connectivity index is 1.06. The highest BCUT2D eigenvalue weighted by Gasteiger charge is 2.47. The molecular weight excluding hydrogens is 593 g/mol. The number of piperidine rings is 2. The van der Waals surface area contributed by atoms with Gasteiger partial charge in [-0.3, -0.25) is 4.90 Å². The van der Waals surface area contributed by atoms with E-state index >= 15 is 4.39 Å². The Labute approximate surface area is 266 Å². The molecule has 0 spiro atoms. The number of aromatic hydroxyl groups is 1. The molecular formula is C35H37ClFN5O3. The van der Waals surface area contributed by atoms with Gasteiger partial charge in [0.2, 0.25) is 0 Å². The topological polar surface area (TPSA) is 83.0 Å². The molecule has 6 bridgehead atoms. The molecule has 8 nitrogen and oxygen atoms in total. The van der Waals surface area contributed by atoms with Crippen molar-refractivity contribution >= 4 is 39.1 Å². The van der Waals surface area contributed by atoms with E-state index in [4.69, 9.17) is 26.1 Å². The number of hydrogen-bond acceptors (Lipinski definition) is 8. The van der Waals surface area contributed by atoms with Crippen LogP contribution in [0, 0.1) is 5.82 Å². The second-order valence-corrected chi connectivity index (χ2v) is 14.0. The first-order chi connectivity index (χ1) is 22.0. The average Bonchev–Trinajstić information content (AvgIpc) is 3.36. The number of halogens is 2. The predicted molar refractivity (Wildman–Crippen MR) is 173 cm³/mol. The van der Waals surface area contributed by atoms with Gasteiger partial charge < -0.3 is 24.8 Å². The van der Waals surface area contributed by atoms with Crippen molar-refractivity contribution in [3.63, 3.8) is 0 Å². The second-order valence-electron chi connectivity index (χ2n) is 13.6. The summed E-state index contributed by atoms with van der Waals surface area (Å²) in [5.41, 5.74) is 0.913. The molecule has 6 aliphatic rings. The maximum atomic E-state index is 16.8. The van der Waals surface area contributed by atoms with E-state index in [0.717, 1.165) is 75.4 Å². The summed E-state index contributed by atoms with van der Waals surface area (Å²) in [6.45, 7) is 2.98. The number of fused-ring (bicyclic) bond motifs is 4. The minimum atomic E-state index is -0.540. The summed E-state index contributed by atoms with van der Waals surface area (Å²) in [5, 5.41) is 16.6. The van der Waals surface area contributed by atoms with Crippen LogP contribution in [0.1, 0.15) is 44.9 Å². The third-order valence-corrected chi connectivity index (χ3v) is 11.0. The van der Waals surface area contributed by atoms with E-state index in [0.29, 0.717) is 59.7 Å². The molecule has 0 saturated carbocycles. The molecule has 7 heterocycles. The first kappa shape index (κ1) is 28.0. The van der Waals surface area contributed by atoms with E-state index in [-0.39, 0.29) is 27.9 Å². The van der Waals surface area contributed by atoms with Crippen LogP contribution in [0.2, 0.25) is 5.02 Å². The van der Waals surface area contributed by atoms with E-state index in [1.165, 1.54) is 0 Å². The van der Waals surface area contributed by atoms with Crippen molar-refractivity contribution in [2.75, 3.05) is 31.1 Å². The largest absolute Gasteiger partial charge is 0.508 e. The van der Waals surface area contributed by atoms with Gasteiger partial charge in [-0.05, 0) is 79.5 Å². The van der Waals surface area contributed by atoms with Crippen molar-refractivity contribution in [1.82, 2.24) is 20.2 Å². The lowest BCUT2D eigenvalue weighted by atomic mass is 9.78. The molecule has 2 N–H and O–H groups in total. The Morgan fingerprint density at radius 1 is 0.978 bits per heavy atom. The van der Waals surface area contributed by atoms with E-state index in [1.807, 2.05) is 24.3 Å². The maximum Gasteiger partial charge on any atom is 0.319 e. The van der Waals surface area contributed by atoms with Crippen LogP contribution in [0.4, 0.5) is 10.2 Å². The third-order valence-electron chi connectivity index (χ3n) is 10.7. The highest BCUT2D eigenvalue weighted by atomic mass is 35.5. The van der Waals surface area contributed by atoms with E-state index in [2.05, 4.69) is 20.1 Å². The lowest BCUT2D eigenvalue weighted by Crippen LogP contribution is -2.62. The number of rotatable bonds is 7. The Hall–Kier alpha value is -3.24. The highest BCUT2D eigenvalue weighted by molar-refractivity contribution is 6.35. The molecule has 10 heteroatoms. The number of hydrogen-bond donors (Lipinski definition) is 2. The molecule has 2 atom stereocenters. The highest BCUT2D eigenvalue weighted by Crippen LogP contribution is 2.44. The number of phenols is 1. The van der Waals surface area contributed by atoms with E-state index in [1.54, 1.807) is 18.2 Å². The van der Waals surface area contributed by atoms with Gasteiger partial charge in [0, 0.05) is 54.8 Å². The van der Waals surface area contributed by atoms with Crippen LogP contribution in [-0.4, -0.2) is 82.6 Å². The Morgan fingerprint density at radius 3 is 2.47 bits per heavy atom. The van der Waals surface area contributed by atoms with Gasteiger partial charge in [-0.25, -0.2) is 4.39 Å². The molecule has 45 heavy (non-hydrogen) atoms. The predicted octanol–water partition coefficient (Wildman–Crippen LogP) is 6.05. The summed E-state index contributed by atoms with van der Waals surface area (Å²) >= 11 is 6.89. The van der Waals surface area contributed by atoms with E-state index < -0.39 is 5.82 Å². The lowest BCUT2D eigenvalue weighted by molar-refractivity contribution is -0.182. The van der Waals surface area contributed by atoms with Crippen LogP contribution in [0.5, 0.6) is 11.8 Å². The zero-order valence-corrected chi connectivity index (χ0v) is 25.8. The van der Waals surface area contributed by atoms with Crippen LogP contribution >= 0.6 is 11.6 Å². The SMILES string of the molecule is Oc1cc(-c2c(Cl)cc3c(N4CC5CCC(C4)N5)nc(OCCCN4C5CC6CC4CC(C5)O6)nc3c2F)c2ccccc2c1. The fraction of sp³-hybridized carbons (Fsp3) is 0.486. The Kier molecular flexibility index (Phi) is 6.81. The van der Waals surface area contributed by atoms with E-state index in [9.17, 15) is 5.11 Å². The minimum absolute atomic E-state index is 0.0466. The first-order valence-corrected chi connectivity index (χ1v) is 16.8. The second kappa shape index (κ2) is 10.9. The van der Waals surface area contributed by atoms with Crippen LogP contribution in [0.15, 0.2) is 42.5 Å². The number of phenolic OH excluding ortho intramolecular Hbond substituents is 1. The first-order valence-electron chi connectivity index (χ1n) is 16.4. The van der Waals surface area contributed by atoms with Gasteiger partial charge in [0.25, 0.3) is 0 Å². The third kappa shape index (κ3) is 4.90. The van der Waals surface area contributed by atoms with Gasteiger partial charge in [0.15, 0.2) is 5.82 Å². The van der Waals surface area contributed by atoms with Crippen LogP contribution in [-0.2, 0) is 4.74 Å². The molecule has 6 aliphatic heterocycles. The van der Waals surface area contributed by atoms with Crippen LogP contribution in [0.25, 0.3) is 32.8 Å². The molecule has 234 valence electrons. The molecule has 10 rings (SSSR count). The van der Waals surface area contributed by atoms with Gasteiger partial charge >= 0.3 is 6.01 Å². The lowest BCUT2D eigenvalue weighted by Gasteiger charge is -2.56. The van der Waals surface area contributed by atoms with Crippen LogP contribution < -0.4 is 15.0 Å². The minimum Gasteiger partial charge on any atom is -0.508 e.